The first-order chi connectivity index (χ1) is 14.6. The Balaban J connectivity index is 1.49. The van der Waals surface area contributed by atoms with Crippen molar-refractivity contribution in [3.8, 4) is 0 Å². The second kappa shape index (κ2) is 8.42. The molecule has 3 aliphatic heterocycles. The van der Waals surface area contributed by atoms with Gasteiger partial charge < -0.3 is 33.3 Å². The predicted molar refractivity (Wildman–Crippen MR) is 112 cm³/mol. The van der Waals surface area contributed by atoms with Crippen LogP contribution < -0.4 is 4.90 Å². The maximum absolute atomic E-state index is 13.1. The zero-order valence-electron chi connectivity index (χ0n) is 19.1. The monoisotopic (exact) mass is 435 g/mol. The SMILES string of the molecule is CC(C)N(C(=O)CO[C@@H]1[C@H]([C@@H]2COC(C)(C)O2)O[C@H]2OC(C)(C)O[C@@H]21)c1ccccc1. The standard InChI is InChI=1S/C23H33NO7/c1-14(2)24(15-10-8-7-9-11-15)17(25)13-26-19-18(16-12-27-22(3,4)29-16)28-21-20(19)30-23(5,6)31-21/h7-11,14,16,18-21H,12-13H2,1-6H3/t16-,18-,19+,20+,21-/m0/s1. The lowest BCUT2D eigenvalue weighted by molar-refractivity contribution is -0.235. The molecule has 3 aliphatic rings. The minimum absolute atomic E-state index is 0.0146. The van der Waals surface area contributed by atoms with Crippen LogP contribution in [0.25, 0.3) is 0 Å². The van der Waals surface area contributed by atoms with E-state index in [4.69, 9.17) is 28.4 Å². The molecule has 1 aromatic carbocycles. The summed E-state index contributed by atoms with van der Waals surface area (Å²) in [4.78, 5) is 14.9. The fourth-order valence-corrected chi connectivity index (χ4v) is 4.43. The van der Waals surface area contributed by atoms with E-state index in [1.165, 1.54) is 0 Å². The van der Waals surface area contributed by atoms with Gasteiger partial charge in [0.25, 0.3) is 5.91 Å². The predicted octanol–water partition coefficient (Wildman–Crippen LogP) is 2.84. The molecular weight excluding hydrogens is 402 g/mol. The molecule has 1 amide bonds. The van der Waals surface area contributed by atoms with Gasteiger partial charge >= 0.3 is 0 Å². The van der Waals surface area contributed by atoms with E-state index >= 15 is 0 Å². The third-order valence-corrected chi connectivity index (χ3v) is 5.64. The van der Waals surface area contributed by atoms with E-state index in [0.717, 1.165) is 5.69 Å². The van der Waals surface area contributed by atoms with Crippen LogP contribution in [0.4, 0.5) is 5.69 Å². The molecule has 31 heavy (non-hydrogen) atoms. The largest absolute Gasteiger partial charge is 0.363 e. The number of amides is 1. The fourth-order valence-electron chi connectivity index (χ4n) is 4.43. The highest BCUT2D eigenvalue weighted by Gasteiger charge is 2.59. The normalized spacial score (nSPS) is 33.6. The molecule has 3 fully saturated rings. The van der Waals surface area contributed by atoms with Crippen molar-refractivity contribution in [1.29, 1.82) is 0 Å². The summed E-state index contributed by atoms with van der Waals surface area (Å²) < 4.78 is 36.0. The van der Waals surface area contributed by atoms with Gasteiger partial charge in [-0.2, -0.15) is 0 Å². The molecule has 0 radical (unpaired) electrons. The smallest absolute Gasteiger partial charge is 0.253 e. The third kappa shape index (κ3) is 4.79. The van der Waals surface area contributed by atoms with Gasteiger partial charge in [0.05, 0.1) is 6.61 Å². The Labute approximate surface area is 183 Å². The molecule has 3 saturated heterocycles. The minimum atomic E-state index is -0.785. The maximum atomic E-state index is 13.1. The van der Waals surface area contributed by atoms with Crippen LogP contribution in [0.1, 0.15) is 41.5 Å². The summed E-state index contributed by atoms with van der Waals surface area (Å²) in [7, 11) is 0. The lowest BCUT2D eigenvalue weighted by Gasteiger charge is -2.30. The topological polar surface area (TPSA) is 75.7 Å². The van der Waals surface area contributed by atoms with Gasteiger partial charge in [-0.3, -0.25) is 4.79 Å². The van der Waals surface area contributed by atoms with Gasteiger partial charge in [-0.15, -0.1) is 0 Å². The number of fused-ring (bicyclic) bond motifs is 1. The zero-order chi connectivity index (χ0) is 22.4. The number of rotatable bonds is 6. The number of carbonyl (C=O) groups excluding carboxylic acids is 1. The van der Waals surface area contributed by atoms with Crippen LogP contribution in [0.5, 0.6) is 0 Å². The Morgan fingerprint density at radius 2 is 1.77 bits per heavy atom. The van der Waals surface area contributed by atoms with Crippen molar-refractivity contribution >= 4 is 11.6 Å². The molecule has 4 rings (SSSR count). The van der Waals surface area contributed by atoms with Gasteiger partial charge in [0.1, 0.15) is 31.0 Å². The van der Waals surface area contributed by atoms with Gasteiger partial charge in [0.15, 0.2) is 17.9 Å². The van der Waals surface area contributed by atoms with Gasteiger partial charge in [-0.25, -0.2) is 0 Å². The molecule has 8 heteroatoms. The summed E-state index contributed by atoms with van der Waals surface area (Å²) >= 11 is 0. The molecule has 5 atom stereocenters. The maximum Gasteiger partial charge on any atom is 0.253 e. The highest BCUT2D eigenvalue weighted by atomic mass is 16.8. The molecule has 0 aliphatic carbocycles. The van der Waals surface area contributed by atoms with E-state index in [0.29, 0.717) is 6.61 Å². The van der Waals surface area contributed by atoms with Crippen molar-refractivity contribution in [3.63, 3.8) is 0 Å². The number of carbonyl (C=O) groups is 1. The molecule has 0 aromatic heterocycles. The number of para-hydroxylation sites is 1. The summed E-state index contributed by atoms with van der Waals surface area (Å²) in [5, 5.41) is 0. The number of anilines is 1. The third-order valence-electron chi connectivity index (χ3n) is 5.64. The molecule has 0 bridgehead atoms. The minimum Gasteiger partial charge on any atom is -0.363 e. The highest BCUT2D eigenvalue weighted by molar-refractivity contribution is 5.94. The van der Waals surface area contributed by atoms with Crippen molar-refractivity contribution < 1.29 is 33.2 Å². The van der Waals surface area contributed by atoms with Crippen molar-refractivity contribution in [1.82, 2.24) is 0 Å². The van der Waals surface area contributed by atoms with Crippen molar-refractivity contribution in [2.75, 3.05) is 18.1 Å². The number of benzene rings is 1. The van der Waals surface area contributed by atoms with Crippen LogP contribution in [-0.4, -0.2) is 67.4 Å². The first-order valence-corrected chi connectivity index (χ1v) is 10.9. The second-order valence-corrected chi connectivity index (χ2v) is 9.41. The van der Waals surface area contributed by atoms with Gasteiger partial charge in [0.2, 0.25) is 0 Å². The van der Waals surface area contributed by atoms with E-state index < -0.39 is 36.2 Å². The van der Waals surface area contributed by atoms with Crippen LogP contribution in [0, 0.1) is 0 Å². The Hall–Kier alpha value is -1.55. The van der Waals surface area contributed by atoms with E-state index in [2.05, 4.69) is 0 Å². The molecule has 172 valence electrons. The molecular formula is C23H33NO7. The first kappa shape index (κ1) is 22.6. The van der Waals surface area contributed by atoms with Crippen molar-refractivity contribution in [2.45, 2.75) is 89.9 Å². The van der Waals surface area contributed by atoms with Crippen LogP contribution in [0.2, 0.25) is 0 Å². The Morgan fingerprint density at radius 1 is 1.06 bits per heavy atom. The van der Waals surface area contributed by atoms with Crippen LogP contribution in [-0.2, 0) is 33.2 Å². The molecule has 8 nitrogen and oxygen atoms in total. The van der Waals surface area contributed by atoms with Crippen LogP contribution in [0.3, 0.4) is 0 Å². The molecule has 0 saturated carbocycles. The first-order valence-electron chi connectivity index (χ1n) is 10.9. The zero-order valence-corrected chi connectivity index (χ0v) is 19.1. The Morgan fingerprint density at radius 3 is 2.39 bits per heavy atom. The lowest BCUT2D eigenvalue weighted by Crippen LogP contribution is -2.46. The Bertz CT molecular complexity index is 781. The van der Waals surface area contributed by atoms with E-state index in [9.17, 15) is 4.79 Å². The van der Waals surface area contributed by atoms with Gasteiger partial charge in [-0.1, -0.05) is 18.2 Å². The van der Waals surface area contributed by atoms with Crippen molar-refractivity contribution in [3.05, 3.63) is 30.3 Å². The highest BCUT2D eigenvalue weighted by Crippen LogP contribution is 2.42. The summed E-state index contributed by atoms with van der Waals surface area (Å²) in [6, 6.07) is 9.56. The fraction of sp³-hybridized carbons (Fsp3) is 0.696. The second-order valence-electron chi connectivity index (χ2n) is 9.41. The molecule has 0 unspecified atom stereocenters. The lowest BCUT2D eigenvalue weighted by atomic mass is 10.1. The number of hydrogen-bond donors (Lipinski definition) is 0. The summed E-state index contributed by atoms with van der Waals surface area (Å²) in [5.74, 6) is -1.62. The quantitative estimate of drug-likeness (QED) is 0.680. The summed E-state index contributed by atoms with van der Waals surface area (Å²) in [6.45, 7) is 11.6. The molecule has 0 N–H and O–H groups in total. The average molecular weight is 436 g/mol. The molecule has 1 aromatic rings. The molecule has 0 spiro atoms. The van der Waals surface area contributed by atoms with Gasteiger partial charge in [-0.05, 0) is 53.7 Å². The number of hydrogen-bond acceptors (Lipinski definition) is 7. The number of nitrogens with zero attached hydrogens (tertiary/aromatic N) is 1. The number of ether oxygens (including phenoxy) is 6. The van der Waals surface area contributed by atoms with Crippen LogP contribution in [0.15, 0.2) is 30.3 Å². The van der Waals surface area contributed by atoms with Gasteiger partial charge in [0, 0.05) is 11.7 Å². The average Bonchev–Trinajstić information content (AvgIpc) is 3.29. The Kier molecular flexibility index (Phi) is 6.15. The van der Waals surface area contributed by atoms with E-state index in [1.54, 1.807) is 4.90 Å². The van der Waals surface area contributed by atoms with E-state index in [1.807, 2.05) is 71.9 Å². The summed E-state index contributed by atoms with van der Waals surface area (Å²) in [6.07, 6.45) is -2.37. The van der Waals surface area contributed by atoms with E-state index in [-0.39, 0.29) is 24.7 Å². The molecule has 3 heterocycles. The van der Waals surface area contributed by atoms with Crippen LogP contribution >= 0.6 is 0 Å². The summed E-state index contributed by atoms with van der Waals surface area (Å²) in [5.41, 5.74) is 0.832. The van der Waals surface area contributed by atoms with Crippen molar-refractivity contribution in [2.24, 2.45) is 0 Å².